The predicted molar refractivity (Wildman–Crippen MR) is 63.4 cm³/mol. The Kier molecular flexibility index (Phi) is 4.21. The number of amides is 1. The summed E-state index contributed by atoms with van der Waals surface area (Å²) in [4.78, 5) is 12.7. The molecule has 0 aromatic heterocycles. The van der Waals surface area contributed by atoms with Gasteiger partial charge in [-0.25, -0.2) is 0 Å². The molecule has 0 atom stereocenters. The Hall–Kier alpha value is -1.72. The van der Waals surface area contributed by atoms with Gasteiger partial charge in [0, 0.05) is 19.8 Å². The molecule has 0 spiro atoms. The number of aryl methyl sites for hydroxylation is 1. The zero-order valence-electron chi connectivity index (χ0n) is 10.4. The number of anilines is 1. The number of hydrogen-bond donors (Lipinski definition) is 1. The highest BCUT2D eigenvalue weighted by Gasteiger charge is 2.32. The van der Waals surface area contributed by atoms with E-state index in [1.807, 2.05) is 0 Å². The van der Waals surface area contributed by atoms with Crippen LogP contribution in [-0.2, 0) is 11.0 Å². The van der Waals surface area contributed by atoms with Crippen molar-refractivity contribution in [1.29, 1.82) is 0 Å². The molecule has 0 fully saturated rings. The topological polar surface area (TPSA) is 32.3 Å². The van der Waals surface area contributed by atoms with E-state index in [-0.39, 0.29) is 23.7 Å². The highest BCUT2D eigenvalue weighted by Crippen LogP contribution is 2.33. The average Bonchev–Trinajstić information content (AvgIpc) is 2.25. The lowest BCUT2D eigenvalue weighted by molar-refractivity contribution is -0.138. The van der Waals surface area contributed by atoms with Crippen LogP contribution in [0, 0.1) is 6.92 Å². The fourth-order valence-electron chi connectivity index (χ4n) is 1.37. The third-order valence-corrected chi connectivity index (χ3v) is 2.49. The van der Waals surface area contributed by atoms with E-state index >= 15 is 0 Å². The van der Waals surface area contributed by atoms with E-state index in [4.69, 9.17) is 0 Å². The van der Waals surface area contributed by atoms with Crippen molar-refractivity contribution < 1.29 is 18.0 Å². The van der Waals surface area contributed by atoms with E-state index in [0.29, 0.717) is 0 Å². The van der Waals surface area contributed by atoms with Crippen molar-refractivity contribution in [2.75, 3.05) is 26.0 Å². The molecule has 0 saturated heterocycles. The van der Waals surface area contributed by atoms with Gasteiger partial charge in [-0.3, -0.25) is 4.79 Å². The van der Waals surface area contributed by atoms with Crippen molar-refractivity contribution in [3.8, 4) is 0 Å². The third kappa shape index (κ3) is 3.65. The number of alkyl halides is 3. The van der Waals surface area contributed by atoms with E-state index in [2.05, 4.69) is 5.32 Å². The van der Waals surface area contributed by atoms with Crippen LogP contribution in [0.3, 0.4) is 0 Å². The molecule has 1 aromatic rings. The van der Waals surface area contributed by atoms with Gasteiger partial charge in [-0.1, -0.05) is 6.07 Å². The van der Waals surface area contributed by atoms with Crippen molar-refractivity contribution in [3.05, 3.63) is 29.3 Å². The number of benzene rings is 1. The molecule has 0 aliphatic heterocycles. The lowest BCUT2D eigenvalue weighted by atomic mass is 10.1. The first-order chi connectivity index (χ1) is 8.21. The molecule has 0 heterocycles. The zero-order chi connectivity index (χ0) is 13.9. The maximum atomic E-state index is 12.7. The van der Waals surface area contributed by atoms with Gasteiger partial charge < -0.3 is 10.2 Å². The number of hydrogen-bond acceptors (Lipinski definition) is 2. The standard InChI is InChI=1S/C12H15F3N2O/c1-8-4-5-9(6-10(8)12(13,14)15)16-7-11(18)17(2)3/h4-6,16H,7H2,1-3H3. The van der Waals surface area contributed by atoms with Crippen molar-refractivity contribution in [3.63, 3.8) is 0 Å². The van der Waals surface area contributed by atoms with Crippen LogP contribution in [0.4, 0.5) is 18.9 Å². The predicted octanol–water partition coefficient (Wildman–Crippen LogP) is 2.51. The molecular formula is C12H15F3N2O. The Morgan fingerprint density at radius 3 is 2.44 bits per heavy atom. The van der Waals surface area contributed by atoms with Crippen LogP contribution in [0.2, 0.25) is 0 Å². The van der Waals surface area contributed by atoms with Gasteiger partial charge in [0.25, 0.3) is 0 Å². The molecule has 0 radical (unpaired) electrons. The molecule has 0 aliphatic rings. The highest BCUT2D eigenvalue weighted by molar-refractivity contribution is 5.80. The van der Waals surface area contributed by atoms with Gasteiger partial charge in [0.05, 0.1) is 12.1 Å². The Labute approximate surface area is 104 Å². The van der Waals surface area contributed by atoms with Crippen LogP contribution in [0.25, 0.3) is 0 Å². The van der Waals surface area contributed by atoms with Gasteiger partial charge in [-0.05, 0) is 24.6 Å². The summed E-state index contributed by atoms with van der Waals surface area (Å²) in [5, 5.41) is 2.67. The van der Waals surface area contributed by atoms with E-state index < -0.39 is 11.7 Å². The van der Waals surface area contributed by atoms with Gasteiger partial charge in [0.2, 0.25) is 5.91 Å². The molecule has 0 saturated carbocycles. The molecule has 3 nitrogen and oxygen atoms in total. The van der Waals surface area contributed by atoms with Crippen molar-refractivity contribution in [2.45, 2.75) is 13.1 Å². The quantitative estimate of drug-likeness (QED) is 0.905. The molecule has 0 unspecified atom stereocenters. The molecule has 1 amide bonds. The molecular weight excluding hydrogens is 245 g/mol. The minimum Gasteiger partial charge on any atom is -0.376 e. The SMILES string of the molecule is Cc1ccc(NCC(=O)N(C)C)cc1C(F)(F)F. The van der Waals surface area contributed by atoms with Crippen molar-refractivity contribution in [1.82, 2.24) is 4.90 Å². The molecule has 100 valence electrons. The largest absolute Gasteiger partial charge is 0.416 e. The van der Waals surface area contributed by atoms with Crippen LogP contribution in [0.1, 0.15) is 11.1 Å². The Morgan fingerprint density at radius 2 is 1.94 bits per heavy atom. The summed E-state index contributed by atoms with van der Waals surface area (Å²) in [5.74, 6) is -0.205. The fourth-order valence-corrected chi connectivity index (χ4v) is 1.37. The minimum absolute atomic E-state index is 0.0344. The van der Waals surface area contributed by atoms with E-state index in [1.165, 1.54) is 24.0 Å². The number of carbonyl (C=O) groups is 1. The van der Waals surface area contributed by atoms with Crippen LogP contribution in [0.15, 0.2) is 18.2 Å². The summed E-state index contributed by atoms with van der Waals surface area (Å²) in [6.07, 6.45) is -4.38. The molecule has 1 N–H and O–H groups in total. The lowest BCUT2D eigenvalue weighted by Gasteiger charge is -2.14. The van der Waals surface area contributed by atoms with Gasteiger partial charge in [-0.2, -0.15) is 13.2 Å². The van der Waals surface area contributed by atoms with Gasteiger partial charge in [0.1, 0.15) is 0 Å². The number of halogens is 3. The molecule has 0 aliphatic carbocycles. The van der Waals surface area contributed by atoms with Gasteiger partial charge in [0.15, 0.2) is 0 Å². The highest BCUT2D eigenvalue weighted by atomic mass is 19.4. The average molecular weight is 260 g/mol. The number of nitrogens with zero attached hydrogens (tertiary/aromatic N) is 1. The first-order valence-corrected chi connectivity index (χ1v) is 5.33. The molecule has 18 heavy (non-hydrogen) atoms. The van der Waals surface area contributed by atoms with Crippen LogP contribution in [-0.4, -0.2) is 31.4 Å². The number of likely N-dealkylation sites (N-methyl/N-ethyl adjacent to an activating group) is 1. The summed E-state index contributed by atoms with van der Waals surface area (Å²) in [6.45, 7) is 1.37. The summed E-state index contributed by atoms with van der Waals surface area (Å²) in [6, 6.07) is 3.91. The molecule has 1 rings (SSSR count). The number of carbonyl (C=O) groups excluding carboxylic acids is 1. The summed E-state index contributed by atoms with van der Waals surface area (Å²) in [7, 11) is 3.17. The maximum absolute atomic E-state index is 12.7. The Bertz CT molecular complexity index is 441. The summed E-state index contributed by atoms with van der Waals surface area (Å²) in [5.41, 5.74) is -0.250. The lowest BCUT2D eigenvalue weighted by Crippen LogP contribution is -2.28. The Morgan fingerprint density at radius 1 is 1.33 bits per heavy atom. The zero-order valence-corrected chi connectivity index (χ0v) is 10.4. The molecule has 0 bridgehead atoms. The number of rotatable bonds is 3. The van der Waals surface area contributed by atoms with Crippen LogP contribution >= 0.6 is 0 Å². The first kappa shape index (κ1) is 14.3. The van der Waals surface area contributed by atoms with E-state index in [9.17, 15) is 18.0 Å². The van der Waals surface area contributed by atoms with Gasteiger partial charge in [-0.15, -0.1) is 0 Å². The third-order valence-electron chi connectivity index (χ3n) is 2.49. The second kappa shape index (κ2) is 5.29. The monoisotopic (exact) mass is 260 g/mol. The smallest absolute Gasteiger partial charge is 0.376 e. The van der Waals surface area contributed by atoms with E-state index in [0.717, 1.165) is 6.07 Å². The fraction of sp³-hybridized carbons (Fsp3) is 0.417. The van der Waals surface area contributed by atoms with Crippen LogP contribution < -0.4 is 5.32 Å². The normalized spacial score (nSPS) is 11.2. The second-order valence-corrected chi connectivity index (χ2v) is 4.17. The van der Waals surface area contributed by atoms with Crippen molar-refractivity contribution in [2.24, 2.45) is 0 Å². The number of nitrogens with one attached hydrogen (secondary N) is 1. The maximum Gasteiger partial charge on any atom is 0.416 e. The van der Waals surface area contributed by atoms with Gasteiger partial charge >= 0.3 is 6.18 Å². The van der Waals surface area contributed by atoms with Crippen LogP contribution in [0.5, 0.6) is 0 Å². The molecule has 1 aromatic carbocycles. The Balaban J connectivity index is 2.83. The molecule has 6 heteroatoms. The van der Waals surface area contributed by atoms with E-state index in [1.54, 1.807) is 14.1 Å². The van der Waals surface area contributed by atoms with Crippen molar-refractivity contribution >= 4 is 11.6 Å². The first-order valence-electron chi connectivity index (χ1n) is 5.33. The minimum atomic E-state index is -4.38. The summed E-state index contributed by atoms with van der Waals surface area (Å²) >= 11 is 0. The second-order valence-electron chi connectivity index (χ2n) is 4.17. The summed E-state index contributed by atoms with van der Waals surface area (Å²) < 4.78 is 38.0.